The molecule has 0 spiro atoms. The van der Waals surface area contributed by atoms with Crippen LogP contribution in [-0.2, 0) is 7.05 Å². The number of nitrogens with zero attached hydrogens (tertiary/aromatic N) is 4. The first-order valence-electron chi connectivity index (χ1n) is 3.92. The summed E-state index contributed by atoms with van der Waals surface area (Å²) in [4.78, 5) is 12.8. The highest BCUT2D eigenvalue weighted by Crippen LogP contribution is 2.16. The Balaban J connectivity index is 2.79. The first kappa shape index (κ1) is 8.50. The van der Waals surface area contributed by atoms with E-state index in [1.807, 2.05) is 24.8 Å². The van der Waals surface area contributed by atoms with E-state index in [0.717, 1.165) is 22.0 Å². The summed E-state index contributed by atoms with van der Waals surface area (Å²) in [6.07, 6.45) is 3.72. The molecule has 0 fully saturated rings. The highest BCUT2D eigenvalue weighted by atomic mass is 32.2. The van der Waals surface area contributed by atoms with Crippen molar-refractivity contribution < 1.29 is 0 Å². The largest absolute Gasteiger partial charge is 0.331 e. The summed E-state index contributed by atoms with van der Waals surface area (Å²) in [5.74, 6) is 0. The zero-order valence-electron chi connectivity index (χ0n) is 7.77. The van der Waals surface area contributed by atoms with Crippen LogP contribution in [0.25, 0.3) is 11.2 Å². The SMILES string of the molecule is CSc1nc(C)c2c(ncn2C)n1. The van der Waals surface area contributed by atoms with Crippen LogP contribution < -0.4 is 0 Å². The van der Waals surface area contributed by atoms with Crippen LogP contribution >= 0.6 is 11.8 Å². The molecule has 0 saturated carbocycles. The minimum Gasteiger partial charge on any atom is -0.331 e. The van der Waals surface area contributed by atoms with Crippen molar-refractivity contribution in [3.63, 3.8) is 0 Å². The van der Waals surface area contributed by atoms with Crippen LogP contribution in [0.1, 0.15) is 5.69 Å². The van der Waals surface area contributed by atoms with E-state index in [1.54, 1.807) is 6.33 Å². The summed E-state index contributed by atoms with van der Waals surface area (Å²) in [5.41, 5.74) is 2.77. The average Bonchev–Trinajstić information content (AvgIpc) is 2.48. The zero-order valence-corrected chi connectivity index (χ0v) is 8.59. The van der Waals surface area contributed by atoms with Gasteiger partial charge in [0.25, 0.3) is 0 Å². The maximum Gasteiger partial charge on any atom is 0.189 e. The first-order chi connectivity index (χ1) is 6.22. The van der Waals surface area contributed by atoms with Gasteiger partial charge in [-0.15, -0.1) is 0 Å². The molecule has 0 atom stereocenters. The molecule has 5 heteroatoms. The second kappa shape index (κ2) is 2.99. The Morgan fingerprint density at radius 3 is 2.85 bits per heavy atom. The van der Waals surface area contributed by atoms with Crippen LogP contribution in [0.3, 0.4) is 0 Å². The van der Waals surface area contributed by atoms with Crippen molar-refractivity contribution in [2.24, 2.45) is 7.05 Å². The van der Waals surface area contributed by atoms with Crippen molar-refractivity contribution in [1.82, 2.24) is 19.5 Å². The molecule has 0 aliphatic heterocycles. The summed E-state index contributed by atoms with van der Waals surface area (Å²) in [6, 6.07) is 0. The highest BCUT2D eigenvalue weighted by molar-refractivity contribution is 7.98. The van der Waals surface area contributed by atoms with E-state index in [2.05, 4.69) is 15.0 Å². The Morgan fingerprint density at radius 2 is 2.15 bits per heavy atom. The standard InChI is InChI=1S/C8H10N4S/c1-5-6-7(9-4-12(6)2)11-8(10-5)13-3/h4H,1-3H3. The molecule has 0 radical (unpaired) electrons. The number of thioether (sulfide) groups is 1. The van der Waals surface area contributed by atoms with Gasteiger partial charge in [0.15, 0.2) is 10.8 Å². The first-order valence-corrected chi connectivity index (χ1v) is 5.14. The van der Waals surface area contributed by atoms with Crippen LogP contribution in [-0.4, -0.2) is 25.8 Å². The molecule has 0 aliphatic rings. The second-order valence-electron chi connectivity index (χ2n) is 2.82. The second-order valence-corrected chi connectivity index (χ2v) is 3.60. The predicted octanol–water partition coefficient (Wildman–Crippen LogP) is 1.39. The normalized spacial score (nSPS) is 11.0. The molecule has 2 rings (SSSR count). The maximum absolute atomic E-state index is 4.34. The Morgan fingerprint density at radius 1 is 1.38 bits per heavy atom. The maximum atomic E-state index is 4.34. The highest BCUT2D eigenvalue weighted by Gasteiger charge is 2.07. The van der Waals surface area contributed by atoms with Crippen molar-refractivity contribution in [2.75, 3.05) is 6.26 Å². The molecule has 0 unspecified atom stereocenters. The van der Waals surface area contributed by atoms with E-state index < -0.39 is 0 Å². The van der Waals surface area contributed by atoms with Crippen LogP contribution in [0.4, 0.5) is 0 Å². The number of rotatable bonds is 1. The molecule has 0 saturated heterocycles. The van der Waals surface area contributed by atoms with Crippen LogP contribution in [0.15, 0.2) is 11.5 Å². The number of aromatic nitrogens is 4. The van der Waals surface area contributed by atoms with Gasteiger partial charge in [-0.1, -0.05) is 11.8 Å². The van der Waals surface area contributed by atoms with E-state index in [9.17, 15) is 0 Å². The fourth-order valence-corrected chi connectivity index (χ4v) is 1.73. The Hall–Kier alpha value is -1.10. The third kappa shape index (κ3) is 1.29. The topological polar surface area (TPSA) is 43.6 Å². The Kier molecular flexibility index (Phi) is 1.95. The van der Waals surface area contributed by atoms with Crippen molar-refractivity contribution >= 4 is 22.9 Å². The van der Waals surface area contributed by atoms with Crippen LogP contribution in [0.2, 0.25) is 0 Å². The number of fused-ring (bicyclic) bond motifs is 1. The van der Waals surface area contributed by atoms with Gasteiger partial charge in [0.1, 0.15) is 5.52 Å². The molecule has 68 valence electrons. The number of hydrogen-bond donors (Lipinski definition) is 0. The molecule has 0 aromatic carbocycles. The third-order valence-corrected chi connectivity index (χ3v) is 2.46. The number of aryl methyl sites for hydroxylation is 2. The number of imidazole rings is 1. The molecule has 4 nitrogen and oxygen atoms in total. The van der Waals surface area contributed by atoms with Crippen LogP contribution in [0, 0.1) is 6.92 Å². The molecule has 0 aliphatic carbocycles. The lowest BCUT2D eigenvalue weighted by atomic mass is 10.4. The summed E-state index contributed by atoms with van der Waals surface area (Å²) in [5, 5.41) is 0.781. The lowest BCUT2D eigenvalue weighted by Gasteiger charge is -2.00. The van der Waals surface area contributed by atoms with Gasteiger partial charge in [0.05, 0.1) is 12.0 Å². The molecular formula is C8H10N4S. The minimum absolute atomic E-state index is 0.777. The molecule has 2 aromatic heterocycles. The van der Waals surface area contributed by atoms with Gasteiger partial charge >= 0.3 is 0 Å². The Bertz CT molecular complexity index is 449. The van der Waals surface area contributed by atoms with E-state index in [4.69, 9.17) is 0 Å². The van der Waals surface area contributed by atoms with Crippen molar-refractivity contribution in [1.29, 1.82) is 0 Å². The van der Waals surface area contributed by atoms with E-state index in [0.29, 0.717) is 0 Å². The smallest absolute Gasteiger partial charge is 0.189 e. The molecule has 2 heterocycles. The molecular weight excluding hydrogens is 184 g/mol. The lowest BCUT2D eigenvalue weighted by molar-refractivity contribution is 0.918. The van der Waals surface area contributed by atoms with Gasteiger partial charge < -0.3 is 4.57 Å². The van der Waals surface area contributed by atoms with Gasteiger partial charge in [0, 0.05) is 7.05 Å². The average molecular weight is 194 g/mol. The minimum atomic E-state index is 0.777. The predicted molar refractivity (Wildman–Crippen MR) is 52.8 cm³/mol. The molecule has 0 bridgehead atoms. The fourth-order valence-electron chi connectivity index (χ4n) is 1.32. The molecule has 0 amide bonds. The Labute approximate surface area is 80.4 Å². The van der Waals surface area contributed by atoms with E-state index in [1.165, 1.54) is 11.8 Å². The molecule has 2 aromatic rings. The van der Waals surface area contributed by atoms with E-state index >= 15 is 0 Å². The van der Waals surface area contributed by atoms with Gasteiger partial charge in [-0.25, -0.2) is 15.0 Å². The van der Waals surface area contributed by atoms with Crippen molar-refractivity contribution in [3.05, 3.63) is 12.0 Å². The quantitative estimate of drug-likeness (QED) is 0.508. The van der Waals surface area contributed by atoms with Crippen molar-refractivity contribution in [3.8, 4) is 0 Å². The number of hydrogen-bond acceptors (Lipinski definition) is 4. The van der Waals surface area contributed by atoms with Crippen LogP contribution in [0.5, 0.6) is 0 Å². The lowest BCUT2D eigenvalue weighted by Crippen LogP contribution is -1.94. The van der Waals surface area contributed by atoms with Gasteiger partial charge in [-0.2, -0.15) is 0 Å². The fraction of sp³-hybridized carbons (Fsp3) is 0.375. The van der Waals surface area contributed by atoms with E-state index in [-0.39, 0.29) is 0 Å². The van der Waals surface area contributed by atoms with Gasteiger partial charge in [0.2, 0.25) is 0 Å². The van der Waals surface area contributed by atoms with Crippen molar-refractivity contribution in [2.45, 2.75) is 12.1 Å². The summed E-state index contributed by atoms with van der Waals surface area (Å²) in [7, 11) is 1.95. The summed E-state index contributed by atoms with van der Waals surface area (Å²) >= 11 is 1.54. The van der Waals surface area contributed by atoms with Gasteiger partial charge in [-0.3, -0.25) is 0 Å². The summed E-state index contributed by atoms with van der Waals surface area (Å²) in [6.45, 7) is 1.98. The molecule has 13 heavy (non-hydrogen) atoms. The van der Waals surface area contributed by atoms with Gasteiger partial charge in [-0.05, 0) is 13.2 Å². The zero-order chi connectivity index (χ0) is 9.42. The third-order valence-electron chi connectivity index (χ3n) is 1.91. The monoisotopic (exact) mass is 194 g/mol. The summed E-state index contributed by atoms with van der Waals surface area (Å²) < 4.78 is 1.94. The molecule has 0 N–H and O–H groups in total.